The van der Waals surface area contributed by atoms with E-state index in [9.17, 15) is 9.18 Å². The zero-order valence-corrected chi connectivity index (χ0v) is 19.7. The van der Waals surface area contributed by atoms with Crippen molar-refractivity contribution in [1.82, 2.24) is 15.1 Å². The molecule has 2 atom stereocenters. The van der Waals surface area contributed by atoms with E-state index in [0.717, 1.165) is 33.3 Å². The van der Waals surface area contributed by atoms with Crippen LogP contribution in [0.4, 0.5) is 4.39 Å². The van der Waals surface area contributed by atoms with Crippen molar-refractivity contribution in [3.05, 3.63) is 89.4 Å². The molecule has 1 amide bonds. The molecule has 0 unspecified atom stereocenters. The molecule has 0 fully saturated rings. The van der Waals surface area contributed by atoms with Gasteiger partial charge in [-0.15, -0.1) is 0 Å². The van der Waals surface area contributed by atoms with Gasteiger partial charge < -0.3 is 14.8 Å². The van der Waals surface area contributed by atoms with Crippen LogP contribution in [0.15, 0.2) is 66.9 Å². The van der Waals surface area contributed by atoms with Gasteiger partial charge in [-0.05, 0) is 74.4 Å². The maximum atomic E-state index is 13.3. The van der Waals surface area contributed by atoms with Crippen LogP contribution in [0.3, 0.4) is 0 Å². The molecule has 1 aromatic heterocycles. The number of methoxy groups -OCH3 is 1. The average Bonchev–Trinajstić information content (AvgIpc) is 3.22. The van der Waals surface area contributed by atoms with E-state index in [4.69, 9.17) is 9.47 Å². The van der Waals surface area contributed by atoms with E-state index in [1.165, 1.54) is 19.2 Å². The highest BCUT2D eigenvalue weighted by Gasteiger charge is 2.25. The van der Waals surface area contributed by atoms with E-state index < -0.39 is 6.10 Å². The minimum Gasteiger partial charge on any atom is -0.484 e. The number of nitrogens with zero attached hydrogens (tertiary/aromatic N) is 2. The molecule has 3 aromatic carbocycles. The second kappa shape index (κ2) is 10.1. The SMILES string of the molecule is COCC(=O)N[C@@H](C)[C@@H](Oc1ccc2c(cnn2-c2ccc(F)cc2)c1)c1ccc(C)cc1C. The van der Waals surface area contributed by atoms with E-state index in [-0.39, 0.29) is 24.4 Å². The average molecular weight is 462 g/mol. The Balaban J connectivity index is 1.65. The highest BCUT2D eigenvalue weighted by molar-refractivity contribution is 5.82. The van der Waals surface area contributed by atoms with Crippen LogP contribution in [0.5, 0.6) is 5.75 Å². The number of benzene rings is 3. The second-order valence-corrected chi connectivity index (χ2v) is 8.44. The fourth-order valence-corrected chi connectivity index (χ4v) is 4.10. The Morgan fingerprint density at radius 2 is 1.85 bits per heavy atom. The molecule has 0 saturated heterocycles. The van der Waals surface area contributed by atoms with Gasteiger partial charge in [0.2, 0.25) is 5.91 Å². The van der Waals surface area contributed by atoms with Crippen LogP contribution in [-0.2, 0) is 9.53 Å². The van der Waals surface area contributed by atoms with Gasteiger partial charge in [0.1, 0.15) is 24.3 Å². The number of hydrogen-bond donors (Lipinski definition) is 1. The summed E-state index contributed by atoms with van der Waals surface area (Å²) < 4.78 is 26.5. The molecule has 0 aliphatic heterocycles. The maximum absolute atomic E-state index is 13.3. The van der Waals surface area contributed by atoms with Gasteiger partial charge in [0, 0.05) is 12.5 Å². The van der Waals surface area contributed by atoms with Gasteiger partial charge in [-0.3, -0.25) is 4.79 Å². The molecular formula is C27H28FN3O3. The molecule has 0 aliphatic rings. The lowest BCUT2D eigenvalue weighted by molar-refractivity contribution is -0.126. The molecule has 1 N–H and O–H groups in total. The third-order valence-corrected chi connectivity index (χ3v) is 5.72. The second-order valence-electron chi connectivity index (χ2n) is 8.44. The molecule has 0 spiro atoms. The van der Waals surface area contributed by atoms with E-state index in [2.05, 4.69) is 16.5 Å². The summed E-state index contributed by atoms with van der Waals surface area (Å²) in [5, 5.41) is 8.32. The summed E-state index contributed by atoms with van der Waals surface area (Å²) in [7, 11) is 1.49. The van der Waals surface area contributed by atoms with Gasteiger partial charge in [0.05, 0.1) is 23.4 Å². The summed E-state index contributed by atoms with van der Waals surface area (Å²) in [6.07, 6.45) is 1.34. The first-order valence-corrected chi connectivity index (χ1v) is 11.1. The van der Waals surface area contributed by atoms with Crippen molar-refractivity contribution in [2.75, 3.05) is 13.7 Å². The van der Waals surface area contributed by atoms with Gasteiger partial charge in [0.25, 0.3) is 0 Å². The number of hydrogen-bond acceptors (Lipinski definition) is 4. The number of aromatic nitrogens is 2. The molecule has 0 aliphatic carbocycles. The first-order chi connectivity index (χ1) is 16.4. The summed E-state index contributed by atoms with van der Waals surface area (Å²) >= 11 is 0. The quantitative estimate of drug-likeness (QED) is 0.399. The molecule has 34 heavy (non-hydrogen) atoms. The Morgan fingerprint density at radius 1 is 1.09 bits per heavy atom. The highest BCUT2D eigenvalue weighted by atomic mass is 19.1. The Kier molecular flexibility index (Phi) is 6.93. The van der Waals surface area contributed by atoms with Gasteiger partial charge in [0.15, 0.2) is 0 Å². The molecule has 6 nitrogen and oxygen atoms in total. The predicted octanol–water partition coefficient (Wildman–Crippen LogP) is 5.05. The van der Waals surface area contributed by atoms with Crippen LogP contribution >= 0.6 is 0 Å². The Hall–Kier alpha value is -3.71. The number of ether oxygens (including phenoxy) is 2. The summed E-state index contributed by atoms with van der Waals surface area (Å²) in [6.45, 7) is 5.99. The molecular weight excluding hydrogens is 433 g/mol. The van der Waals surface area contributed by atoms with E-state index in [1.54, 1.807) is 23.0 Å². The zero-order valence-electron chi connectivity index (χ0n) is 19.7. The Morgan fingerprint density at radius 3 is 2.56 bits per heavy atom. The molecule has 4 aromatic rings. The molecule has 1 heterocycles. The third-order valence-electron chi connectivity index (χ3n) is 5.72. The Labute approximate surface area is 198 Å². The van der Waals surface area contributed by atoms with Gasteiger partial charge in [-0.1, -0.05) is 23.8 Å². The van der Waals surface area contributed by atoms with Crippen LogP contribution in [0.25, 0.3) is 16.6 Å². The van der Waals surface area contributed by atoms with Crippen LogP contribution in [-0.4, -0.2) is 35.4 Å². The summed E-state index contributed by atoms with van der Waals surface area (Å²) in [5.41, 5.74) is 4.89. The van der Waals surface area contributed by atoms with Gasteiger partial charge in [-0.25, -0.2) is 9.07 Å². The molecule has 0 saturated carbocycles. The van der Waals surface area contributed by atoms with Crippen LogP contribution in [0.1, 0.15) is 29.7 Å². The lowest BCUT2D eigenvalue weighted by Gasteiger charge is -2.28. The minimum atomic E-state index is -0.411. The number of amides is 1. The number of nitrogens with one attached hydrogen (secondary N) is 1. The number of rotatable bonds is 8. The van der Waals surface area contributed by atoms with Crippen LogP contribution < -0.4 is 10.1 Å². The first-order valence-electron chi connectivity index (χ1n) is 11.1. The van der Waals surface area contributed by atoms with E-state index in [1.807, 2.05) is 51.1 Å². The van der Waals surface area contributed by atoms with Crippen molar-refractivity contribution in [2.45, 2.75) is 32.9 Å². The van der Waals surface area contributed by atoms with E-state index >= 15 is 0 Å². The minimum absolute atomic E-state index is 0.0154. The lowest BCUT2D eigenvalue weighted by atomic mass is 9.96. The summed E-state index contributed by atoms with van der Waals surface area (Å²) in [6, 6.07) is 17.8. The molecule has 7 heteroatoms. The topological polar surface area (TPSA) is 65.4 Å². The number of carbonyl (C=O) groups excluding carboxylic acids is 1. The summed E-state index contributed by atoms with van der Waals surface area (Å²) in [5.74, 6) is 0.161. The number of carbonyl (C=O) groups is 1. The molecule has 176 valence electrons. The smallest absolute Gasteiger partial charge is 0.246 e. The van der Waals surface area contributed by atoms with Crippen LogP contribution in [0, 0.1) is 19.7 Å². The molecule has 4 rings (SSSR count). The van der Waals surface area contributed by atoms with Crippen molar-refractivity contribution >= 4 is 16.8 Å². The zero-order chi connectivity index (χ0) is 24.2. The standard InChI is InChI=1S/C27H28FN3O3/c1-17-5-11-24(18(2)13-17)27(19(3)30-26(32)16-33-4)34-23-10-12-25-20(14-23)15-29-31(25)22-8-6-21(28)7-9-22/h5-15,19,27H,16H2,1-4H3,(H,30,32)/t19-,27+/m0/s1. The van der Waals surface area contributed by atoms with Crippen molar-refractivity contribution in [3.63, 3.8) is 0 Å². The van der Waals surface area contributed by atoms with Crippen molar-refractivity contribution < 1.29 is 18.7 Å². The number of aryl methyl sites for hydroxylation is 2. The van der Waals surface area contributed by atoms with E-state index in [0.29, 0.717) is 5.75 Å². The highest BCUT2D eigenvalue weighted by Crippen LogP contribution is 2.30. The van der Waals surface area contributed by atoms with Crippen molar-refractivity contribution in [1.29, 1.82) is 0 Å². The van der Waals surface area contributed by atoms with Crippen LogP contribution in [0.2, 0.25) is 0 Å². The fourth-order valence-electron chi connectivity index (χ4n) is 4.10. The van der Waals surface area contributed by atoms with Gasteiger partial charge >= 0.3 is 0 Å². The molecule has 0 bridgehead atoms. The van der Waals surface area contributed by atoms with Crippen molar-refractivity contribution in [3.8, 4) is 11.4 Å². The first kappa shape index (κ1) is 23.4. The predicted molar refractivity (Wildman–Crippen MR) is 130 cm³/mol. The lowest BCUT2D eigenvalue weighted by Crippen LogP contribution is -2.41. The normalized spacial score (nSPS) is 13.0. The van der Waals surface area contributed by atoms with Gasteiger partial charge in [-0.2, -0.15) is 5.10 Å². The number of fused-ring (bicyclic) bond motifs is 1. The maximum Gasteiger partial charge on any atom is 0.246 e. The summed E-state index contributed by atoms with van der Waals surface area (Å²) in [4.78, 5) is 12.2. The molecule has 0 radical (unpaired) electrons. The van der Waals surface area contributed by atoms with Crippen molar-refractivity contribution in [2.24, 2.45) is 0 Å². The third kappa shape index (κ3) is 5.10. The monoisotopic (exact) mass is 461 g/mol. The largest absolute Gasteiger partial charge is 0.484 e. The number of halogens is 1. The fraction of sp³-hybridized carbons (Fsp3) is 0.259. The Bertz CT molecular complexity index is 1300.